The van der Waals surface area contributed by atoms with Gasteiger partial charge in [-0.3, -0.25) is 0 Å². The molecule has 0 heterocycles. The molecule has 0 fully saturated rings. The summed E-state index contributed by atoms with van der Waals surface area (Å²) in [6, 6.07) is 58.2. The second kappa shape index (κ2) is 13.7. The Morgan fingerprint density at radius 2 is 0.750 bits per heavy atom. The predicted molar refractivity (Wildman–Crippen MR) is 192 cm³/mol. The third-order valence-electron chi connectivity index (χ3n) is 7.58. The van der Waals surface area contributed by atoms with Crippen LogP contribution in [0.15, 0.2) is 174 Å². The SMILES string of the molecule is Brc1ccc2cc3ccccc3cc2c1.OB(O)c1ccccc1.c1ccc(-c2ccc3cc4ccccc4cc3c2)cc1. The summed E-state index contributed by atoms with van der Waals surface area (Å²) in [5.74, 6) is 0. The van der Waals surface area contributed by atoms with Gasteiger partial charge in [-0.2, -0.15) is 0 Å². The van der Waals surface area contributed by atoms with Gasteiger partial charge in [0.25, 0.3) is 0 Å². The monoisotopic (exact) mass is 632 g/mol. The minimum absolute atomic E-state index is 0.525. The fourth-order valence-electron chi connectivity index (χ4n) is 5.29. The van der Waals surface area contributed by atoms with Crippen molar-refractivity contribution in [1.29, 1.82) is 0 Å². The molecule has 0 spiro atoms. The Kier molecular flexibility index (Phi) is 9.14. The highest BCUT2D eigenvalue weighted by Gasteiger charge is 2.07. The van der Waals surface area contributed by atoms with Gasteiger partial charge in [0.2, 0.25) is 0 Å². The third kappa shape index (κ3) is 7.07. The Morgan fingerprint density at radius 1 is 0.341 bits per heavy atom. The van der Waals surface area contributed by atoms with Crippen molar-refractivity contribution in [2.24, 2.45) is 0 Å². The normalized spacial score (nSPS) is 10.6. The Morgan fingerprint density at radius 3 is 1.25 bits per heavy atom. The van der Waals surface area contributed by atoms with Gasteiger partial charge >= 0.3 is 7.12 Å². The van der Waals surface area contributed by atoms with E-state index in [4.69, 9.17) is 10.0 Å². The molecule has 212 valence electrons. The predicted octanol–water partition coefficient (Wildman–Crippen LogP) is 9.78. The van der Waals surface area contributed by atoms with E-state index in [-0.39, 0.29) is 0 Å². The van der Waals surface area contributed by atoms with Crippen molar-refractivity contribution < 1.29 is 10.0 Å². The van der Waals surface area contributed by atoms with Gasteiger partial charge < -0.3 is 10.0 Å². The maximum absolute atomic E-state index is 8.58. The maximum atomic E-state index is 8.58. The lowest BCUT2D eigenvalue weighted by Crippen LogP contribution is -2.29. The molecule has 0 saturated heterocycles. The molecule has 0 unspecified atom stereocenters. The van der Waals surface area contributed by atoms with E-state index in [1.165, 1.54) is 54.2 Å². The second-order valence-electron chi connectivity index (χ2n) is 10.6. The van der Waals surface area contributed by atoms with Gasteiger partial charge in [-0.25, -0.2) is 0 Å². The number of fused-ring (bicyclic) bond motifs is 4. The van der Waals surface area contributed by atoms with Gasteiger partial charge in [-0.05, 0) is 102 Å². The van der Waals surface area contributed by atoms with Crippen LogP contribution in [0.5, 0.6) is 0 Å². The van der Waals surface area contributed by atoms with Crippen molar-refractivity contribution in [3.8, 4) is 11.1 Å². The zero-order valence-electron chi connectivity index (χ0n) is 24.0. The second-order valence-corrected chi connectivity index (χ2v) is 11.5. The van der Waals surface area contributed by atoms with Crippen LogP contribution >= 0.6 is 15.9 Å². The zero-order valence-corrected chi connectivity index (χ0v) is 25.6. The van der Waals surface area contributed by atoms with E-state index in [1.54, 1.807) is 24.3 Å². The van der Waals surface area contributed by atoms with Gasteiger partial charge in [0, 0.05) is 4.47 Å². The quantitative estimate of drug-likeness (QED) is 0.147. The number of hydrogen-bond donors (Lipinski definition) is 2. The standard InChI is InChI=1S/C20H14.C14H9Br.C6H7BO2/c1-2-6-15(7-3-1)18-10-11-19-12-16-8-4-5-9-17(16)13-20(19)14-18;15-14-6-5-12-7-10-3-1-2-4-11(10)8-13(12)9-14;8-7(9)6-4-2-1-3-5-6/h1-14H;1-9H;1-5,8-9H. The molecule has 0 aliphatic carbocycles. The molecule has 8 aromatic carbocycles. The summed E-state index contributed by atoms with van der Waals surface area (Å²) in [6.45, 7) is 0. The maximum Gasteiger partial charge on any atom is 0.488 e. The molecule has 0 bridgehead atoms. The molecule has 8 aromatic rings. The topological polar surface area (TPSA) is 40.5 Å². The van der Waals surface area contributed by atoms with Gasteiger partial charge in [0.1, 0.15) is 0 Å². The molecule has 0 atom stereocenters. The molecule has 0 aliphatic rings. The van der Waals surface area contributed by atoms with Crippen molar-refractivity contribution in [2.45, 2.75) is 0 Å². The van der Waals surface area contributed by atoms with E-state index >= 15 is 0 Å². The molecule has 0 saturated carbocycles. The zero-order chi connectivity index (χ0) is 30.3. The summed E-state index contributed by atoms with van der Waals surface area (Å²) in [5, 5.41) is 27.5. The smallest absolute Gasteiger partial charge is 0.423 e. The van der Waals surface area contributed by atoms with Crippen LogP contribution in [0.3, 0.4) is 0 Å². The third-order valence-corrected chi connectivity index (χ3v) is 8.07. The molecule has 8 rings (SSSR count). The van der Waals surface area contributed by atoms with Crippen molar-refractivity contribution in [3.63, 3.8) is 0 Å². The van der Waals surface area contributed by atoms with Crippen LogP contribution in [0.25, 0.3) is 54.2 Å². The number of rotatable bonds is 2. The number of benzene rings is 8. The molecule has 2 nitrogen and oxygen atoms in total. The Bertz CT molecular complexity index is 2160. The average molecular weight is 633 g/mol. The summed E-state index contributed by atoms with van der Waals surface area (Å²) in [5.41, 5.74) is 3.06. The highest BCUT2D eigenvalue weighted by Crippen LogP contribution is 2.28. The first-order chi connectivity index (χ1) is 21.5. The van der Waals surface area contributed by atoms with E-state index in [0.717, 1.165) is 4.47 Å². The molecule has 0 radical (unpaired) electrons. The summed E-state index contributed by atoms with van der Waals surface area (Å²) in [7, 11) is -1.34. The molecule has 0 aliphatic heterocycles. The van der Waals surface area contributed by atoms with Crippen LogP contribution in [-0.2, 0) is 0 Å². The first-order valence-corrected chi connectivity index (χ1v) is 15.3. The minimum atomic E-state index is -1.34. The van der Waals surface area contributed by atoms with E-state index in [9.17, 15) is 0 Å². The molecular weight excluding hydrogens is 603 g/mol. The van der Waals surface area contributed by atoms with Crippen molar-refractivity contribution in [3.05, 3.63) is 174 Å². The Balaban J connectivity index is 0.000000126. The lowest BCUT2D eigenvalue weighted by Gasteiger charge is -2.06. The van der Waals surface area contributed by atoms with Crippen LogP contribution in [0, 0.1) is 0 Å². The lowest BCUT2D eigenvalue weighted by molar-refractivity contribution is 0.426. The lowest BCUT2D eigenvalue weighted by atomic mass is 9.81. The van der Waals surface area contributed by atoms with Crippen LogP contribution in [-0.4, -0.2) is 17.2 Å². The number of halogens is 1. The van der Waals surface area contributed by atoms with Gasteiger partial charge in [-0.1, -0.05) is 143 Å². The minimum Gasteiger partial charge on any atom is -0.423 e. The number of hydrogen-bond acceptors (Lipinski definition) is 2. The fourth-order valence-corrected chi connectivity index (χ4v) is 5.67. The van der Waals surface area contributed by atoms with Gasteiger partial charge in [0.15, 0.2) is 0 Å². The first-order valence-electron chi connectivity index (χ1n) is 14.5. The van der Waals surface area contributed by atoms with Crippen LogP contribution in [0.4, 0.5) is 0 Å². The van der Waals surface area contributed by atoms with Crippen molar-refractivity contribution >= 4 is 71.6 Å². The van der Waals surface area contributed by atoms with E-state index in [1.807, 2.05) is 6.07 Å². The largest absolute Gasteiger partial charge is 0.488 e. The van der Waals surface area contributed by atoms with Crippen LogP contribution < -0.4 is 5.46 Å². The Hall–Kier alpha value is -4.74. The van der Waals surface area contributed by atoms with Gasteiger partial charge in [-0.15, -0.1) is 0 Å². The van der Waals surface area contributed by atoms with Crippen molar-refractivity contribution in [2.75, 3.05) is 0 Å². The van der Waals surface area contributed by atoms with E-state index < -0.39 is 7.12 Å². The first kappa shape index (κ1) is 29.3. The van der Waals surface area contributed by atoms with Crippen LogP contribution in [0.2, 0.25) is 0 Å². The molecule has 44 heavy (non-hydrogen) atoms. The van der Waals surface area contributed by atoms with E-state index in [0.29, 0.717) is 5.46 Å². The molecule has 0 amide bonds. The average Bonchev–Trinajstić information content (AvgIpc) is 3.07. The molecule has 2 N–H and O–H groups in total. The van der Waals surface area contributed by atoms with Crippen molar-refractivity contribution in [1.82, 2.24) is 0 Å². The molecule has 4 heteroatoms. The summed E-state index contributed by atoms with van der Waals surface area (Å²) in [6.07, 6.45) is 0. The molecular formula is C40H30BBrO2. The Labute approximate surface area is 266 Å². The van der Waals surface area contributed by atoms with Gasteiger partial charge in [0.05, 0.1) is 0 Å². The van der Waals surface area contributed by atoms with E-state index in [2.05, 4.69) is 155 Å². The highest BCUT2D eigenvalue weighted by molar-refractivity contribution is 9.10. The summed E-state index contributed by atoms with van der Waals surface area (Å²) >= 11 is 3.50. The molecule has 0 aromatic heterocycles. The van der Waals surface area contributed by atoms with Crippen LogP contribution in [0.1, 0.15) is 0 Å². The summed E-state index contributed by atoms with van der Waals surface area (Å²) in [4.78, 5) is 0. The fraction of sp³-hybridized carbons (Fsp3) is 0. The highest BCUT2D eigenvalue weighted by atomic mass is 79.9. The summed E-state index contributed by atoms with van der Waals surface area (Å²) < 4.78 is 1.13.